The summed E-state index contributed by atoms with van der Waals surface area (Å²) in [6.07, 6.45) is 5.81. The molecule has 1 aliphatic heterocycles. The number of nitrogens with one attached hydrogen (secondary N) is 1. The Morgan fingerprint density at radius 3 is 3.00 bits per heavy atom. The molecule has 2 aromatic heterocycles. The van der Waals surface area contributed by atoms with Crippen molar-refractivity contribution in [1.29, 1.82) is 0 Å². The third kappa shape index (κ3) is 2.41. The van der Waals surface area contributed by atoms with E-state index in [4.69, 9.17) is 12.2 Å². The Morgan fingerprint density at radius 1 is 1.33 bits per heavy atom. The summed E-state index contributed by atoms with van der Waals surface area (Å²) in [6.45, 7) is 0.779. The lowest BCUT2D eigenvalue weighted by molar-refractivity contribution is 0.476. The second-order valence-electron chi connectivity index (χ2n) is 5.99. The van der Waals surface area contributed by atoms with E-state index in [9.17, 15) is 4.79 Å². The molecule has 1 aliphatic carbocycles. The Kier molecular flexibility index (Phi) is 3.71. The van der Waals surface area contributed by atoms with Crippen LogP contribution in [-0.4, -0.2) is 21.1 Å². The number of hydrogen-bond donors (Lipinski definition) is 1. The van der Waals surface area contributed by atoms with Crippen molar-refractivity contribution in [1.82, 2.24) is 9.55 Å². The van der Waals surface area contributed by atoms with Crippen molar-refractivity contribution in [3.8, 4) is 0 Å². The van der Waals surface area contributed by atoms with E-state index in [0.717, 1.165) is 35.4 Å². The molecule has 21 heavy (non-hydrogen) atoms. The predicted molar refractivity (Wildman–Crippen MR) is 93.3 cm³/mol. The van der Waals surface area contributed by atoms with Crippen LogP contribution in [-0.2, 0) is 19.4 Å². The van der Waals surface area contributed by atoms with Gasteiger partial charge in [0.25, 0.3) is 5.56 Å². The van der Waals surface area contributed by atoms with Gasteiger partial charge in [-0.15, -0.1) is 11.3 Å². The highest BCUT2D eigenvalue weighted by atomic mass is 32.2. The van der Waals surface area contributed by atoms with Gasteiger partial charge in [0.2, 0.25) is 0 Å². The molecule has 4 rings (SSSR count). The number of thioether (sulfide) groups is 1. The highest BCUT2D eigenvalue weighted by molar-refractivity contribution is 7.99. The number of nitrogens with zero attached hydrogens (tertiary/aromatic N) is 1. The van der Waals surface area contributed by atoms with E-state index in [2.05, 4.69) is 4.98 Å². The molecule has 1 N–H and O–H groups in total. The molecule has 3 heterocycles. The Balaban J connectivity index is 1.87. The highest BCUT2D eigenvalue weighted by Gasteiger charge is 2.22. The number of fused-ring (bicyclic) bond motifs is 3. The number of aromatic amines is 1. The lowest BCUT2D eigenvalue weighted by atomic mass is 9.97. The first-order chi connectivity index (χ1) is 10.2. The summed E-state index contributed by atoms with van der Waals surface area (Å²) in [4.78, 5) is 18.7. The van der Waals surface area contributed by atoms with Crippen molar-refractivity contribution >= 4 is 45.5 Å². The molecule has 1 fully saturated rings. The minimum absolute atomic E-state index is 0.144. The molecule has 0 amide bonds. The monoisotopic (exact) mass is 338 g/mol. The molecule has 0 aromatic carbocycles. The van der Waals surface area contributed by atoms with Crippen LogP contribution in [0.3, 0.4) is 0 Å². The van der Waals surface area contributed by atoms with Gasteiger partial charge < -0.3 is 4.98 Å². The minimum atomic E-state index is 0.144. The van der Waals surface area contributed by atoms with Crippen molar-refractivity contribution in [3.63, 3.8) is 0 Å². The standard InChI is InChI=1S/C15H18N2OS3/c18-14-12-10-3-1-2-4-11(10)21-13(12)16-15(19)17(14)7-9-5-6-20-8-9/h9H,1-8H2,(H,16,19). The van der Waals surface area contributed by atoms with Crippen molar-refractivity contribution < 1.29 is 0 Å². The van der Waals surface area contributed by atoms with Gasteiger partial charge in [0.15, 0.2) is 4.77 Å². The average Bonchev–Trinajstić information content (AvgIpc) is 3.10. The molecule has 1 unspecified atom stereocenters. The molecule has 6 heteroatoms. The van der Waals surface area contributed by atoms with E-state index in [0.29, 0.717) is 10.7 Å². The third-order valence-electron chi connectivity index (χ3n) is 4.56. The second-order valence-corrected chi connectivity index (χ2v) is 8.63. The molecular formula is C15H18N2OS3. The summed E-state index contributed by atoms with van der Waals surface area (Å²) in [5, 5.41) is 0.925. The average molecular weight is 339 g/mol. The largest absolute Gasteiger partial charge is 0.323 e. The minimum Gasteiger partial charge on any atom is -0.323 e. The number of aryl methyl sites for hydroxylation is 2. The molecule has 2 aromatic rings. The summed E-state index contributed by atoms with van der Waals surface area (Å²) in [5.41, 5.74) is 1.44. The molecule has 0 bridgehead atoms. The lowest BCUT2D eigenvalue weighted by Gasteiger charge is -2.13. The fourth-order valence-corrected chi connectivity index (χ4v) is 6.30. The zero-order chi connectivity index (χ0) is 14.4. The third-order valence-corrected chi connectivity index (χ3v) is 7.32. The first-order valence-electron chi connectivity index (χ1n) is 7.59. The fraction of sp³-hybridized carbons (Fsp3) is 0.600. The number of aromatic nitrogens is 2. The molecule has 1 atom stereocenters. The van der Waals surface area contributed by atoms with Crippen LogP contribution in [0.5, 0.6) is 0 Å². The van der Waals surface area contributed by atoms with Crippen LogP contribution >= 0.6 is 35.3 Å². The van der Waals surface area contributed by atoms with Crippen LogP contribution in [0.1, 0.15) is 29.7 Å². The van der Waals surface area contributed by atoms with Crippen molar-refractivity contribution in [2.75, 3.05) is 11.5 Å². The maximum absolute atomic E-state index is 12.9. The fourth-order valence-electron chi connectivity index (χ4n) is 3.42. The molecule has 0 spiro atoms. The molecule has 3 nitrogen and oxygen atoms in total. The highest BCUT2D eigenvalue weighted by Crippen LogP contribution is 2.33. The van der Waals surface area contributed by atoms with Gasteiger partial charge in [-0.3, -0.25) is 9.36 Å². The van der Waals surface area contributed by atoms with Crippen LogP contribution in [0, 0.1) is 10.7 Å². The van der Waals surface area contributed by atoms with Crippen molar-refractivity contribution in [3.05, 3.63) is 25.6 Å². The van der Waals surface area contributed by atoms with Gasteiger partial charge in [0, 0.05) is 11.4 Å². The normalized spacial score (nSPS) is 21.8. The van der Waals surface area contributed by atoms with Gasteiger partial charge in [-0.1, -0.05) is 0 Å². The van der Waals surface area contributed by atoms with Gasteiger partial charge in [-0.25, -0.2) is 0 Å². The molecular weight excluding hydrogens is 320 g/mol. The number of hydrogen-bond acceptors (Lipinski definition) is 4. The van der Waals surface area contributed by atoms with Crippen LogP contribution in [0.4, 0.5) is 0 Å². The quantitative estimate of drug-likeness (QED) is 0.848. The number of rotatable bonds is 2. The smallest absolute Gasteiger partial charge is 0.263 e. The zero-order valence-electron chi connectivity index (χ0n) is 11.8. The van der Waals surface area contributed by atoms with Crippen LogP contribution < -0.4 is 5.56 Å². The Labute approximate surface area is 136 Å². The zero-order valence-corrected chi connectivity index (χ0v) is 14.3. The number of H-pyrrole nitrogens is 1. The van der Waals surface area contributed by atoms with Crippen molar-refractivity contribution in [2.45, 2.75) is 38.6 Å². The van der Waals surface area contributed by atoms with Gasteiger partial charge >= 0.3 is 0 Å². The van der Waals surface area contributed by atoms with E-state index >= 15 is 0 Å². The van der Waals surface area contributed by atoms with E-state index in [-0.39, 0.29) is 5.56 Å². The topological polar surface area (TPSA) is 37.8 Å². The van der Waals surface area contributed by atoms with E-state index in [1.807, 2.05) is 16.3 Å². The lowest BCUT2D eigenvalue weighted by Crippen LogP contribution is -2.26. The first-order valence-corrected chi connectivity index (χ1v) is 9.97. The van der Waals surface area contributed by atoms with E-state index < -0.39 is 0 Å². The van der Waals surface area contributed by atoms with Crippen molar-refractivity contribution in [2.24, 2.45) is 5.92 Å². The Morgan fingerprint density at radius 2 is 2.19 bits per heavy atom. The first kappa shape index (κ1) is 14.0. The summed E-state index contributed by atoms with van der Waals surface area (Å²) >= 11 is 9.17. The summed E-state index contributed by atoms with van der Waals surface area (Å²) in [7, 11) is 0. The molecule has 1 saturated heterocycles. The maximum atomic E-state index is 12.9. The maximum Gasteiger partial charge on any atom is 0.263 e. The molecule has 0 radical (unpaired) electrons. The Bertz CT molecular complexity index is 796. The summed E-state index contributed by atoms with van der Waals surface area (Å²) in [5.74, 6) is 2.96. The predicted octanol–water partition coefficient (Wildman–Crippen LogP) is 3.75. The van der Waals surface area contributed by atoms with Gasteiger partial charge in [-0.2, -0.15) is 11.8 Å². The Hall–Kier alpha value is -0.590. The van der Waals surface area contributed by atoms with Crippen LogP contribution in [0.2, 0.25) is 0 Å². The van der Waals surface area contributed by atoms with Crippen LogP contribution in [0.15, 0.2) is 4.79 Å². The van der Waals surface area contributed by atoms with E-state index in [1.54, 1.807) is 11.3 Å². The molecule has 0 saturated carbocycles. The van der Waals surface area contributed by atoms with E-state index in [1.165, 1.54) is 35.5 Å². The van der Waals surface area contributed by atoms with Gasteiger partial charge in [0.1, 0.15) is 4.83 Å². The molecule has 2 aliphatic rings. The summed E-state index contributed by atoms with van der Waals surface area (Å²) in [6, 6.07) is 0. The SMILES string of the molecule is O=c1c2c3c(sc2[nH]c(=S)n1CC1CCSC1)CCCC3. The van der Waals surface area contributed by atoms with Gasteiger partial charge in [0.05, 0.1) is 5.39 Å². The van der Waals surface area contributed by atoms with Crippen LogP contribution in [0.25, 0.3) is 10.2 Å². The molecule has 112 valence electrons. The summed E-state index contributed by atoms with van der Waals surface area (Å²) < 4.78 is 2.42. The second kappa shape index (κ2) is 5.56. The number of thiophene rings is 1. The van der Waals surface area contributed by atoms with Gasteiger partial charge in [-0.05, 0) is 67.3 Å².